The van der Waals surface area contributed by atoms with E-state index in [2.05, 4.69) is 10.6 Å². The lowest BCUT2D eigenvalue weighted by Crippen LogP contribution is -2.45. The Bertz CT molecular complexity index is 1130. The minimum Gasteiger partial charge on any atom is -0.504 e. The van der Waals surface area contributed by atoms with Gasteiger partial charge in [-0.15, -0.1) is 0 Å². The Morgan fingerprint density at radius 2 is 1.60 bits per heavy atom. The first-order chi connectivity index (χ1) is 19.3. The van der Waals surface area contributed by atoms with Gasteiger partial charge in [0.15, 0.2) is 23.0 Å². The number of carbonyl (C=O) groups excluding carboxylic acids is 2. The molecule has 40 heavy (non-hydrogen) atoms. The van der Waals surface area contributed by atoms with Crippen molar-refractivity contribution in [2.45, 2.75) is 37.6 Å². The Morgan fingerprint density at radius 1 is 0.950 bits per heavy atom. The van der Waals surface area contributed by atoms with Gasteiger partial charge in [0.25, 0.3) is 0 Å². The molecule has 0 heterocycles. The number of carbonyl (C=O) groups is 2. The Morgan fingerprint density at radius 3 is 2.17 bits per heavy atom. The van der Waals surface area contributed by atoms with E-state index < -0.39 is 23.8 Å². The van der Waals surface area contributed by atoms with Crippen LogP contribution in [-0.2, 0) is 14.3 Å². The van der Waals surface area contributed by atoms with E-state index in [4.69, 9.17) is 19.9 Å². The second kappa shape index (κ2) is 14.7. The molecule has 220 valence electrons. The fourth-order valence-corrected chi connectivity index (χ4v) is 5.46. The number of amides is 1. The fraction of sp³-hybridized carbons (Fsp3) is 0.517. The third kappa shape index (κ3) is 6.96. The highest BCUT2D eigenvalue weighted by Gasteiger charge is 2.45. The maximum absolute atomic E-state index is 13.0. The van der Waals surface area contributed by atoms with Crippen molar-refractivity contribution in [2.75, 3.05) is 47.6 Å². The van der Waals surface area contributed by atoms with Crippen molar-refractivity contribution < 1.29 is 39.1 Å². The second-order valence-electron chi connectivity index (χ2n) is 9.95. The quantitative estimate of drug-likeness (QED) is 0.108. The number of fused-ring (bicyclic) bond motifs is 1. The number of unbranched alkanes of at least 4 members (excludes halogenated alkanes) is 2. The topological polar surface area (TPSA) is 173 Å². The molecule has 1 aliphatic carbocycles. The Kier molecular flexibility index (Phi) is 11.4. The third-order valence-corrected chi connectivity index (χ3v) is 7.44. The van der Waals surface area contributed by atoms with Crippen LogP contribution in [0.25, 0.3) is 0 Å². The molecule has 0 radical (unpaired) electrons. The van der Waals surface area contributed by atoms with Gasteiger partial charge in [-0.05, 0) is 66.9 Å². The van der Waals surface area contributed by atoms with Crippen LogP contribution in [0.15, 0.2) is 24.3 Å². The first-order valence-electron chi connectivity index (χ1n) is 13.5. The summed E-state index contributed by atoms with van der Waals surface area (Å²) in [5.41, 5.74) is 7.19. The van der Waals surface area contributed by atoms with Gasteiger partial charge in [-0.2, -0.15) is 0 Å². The number of nitrogens with one attached hydrogen (secondary N) is 2. The maximum Gasteiger partial charge on any atom is 0.221 e. The molecule has 2 aromatic carbocycles. The number of nitrogens with two attached hydrogens (primary N) is 1. The Labute approximate surface area is 234 Å². The summed E-state index contributed by atoms with van der Waals surface area (Å²) in [5.74, 6) is -2.67. The molecular formula is C29H41N3O8. The zero-order valence-electron chi connectivity index (χ0n) is 23.3. The van der Waals surface area contributed by atoms with E-state index in [1.165, 1.54) is 33.5 Å². The van der Waals surface area contributed by atoms with Gasteiger partial charge in [0.05, 0.1) is 26.9 Å². The lowest BCUT2D eigenvalue weighted by Gasteiger charge is -2.42. The SMILES string of the molecule is COC[C@@H]1[C@H](NC(=O)CCNCCCCCN)c2cc(O)c(O)cc2C(c2cc(OC)c(O)c(OC)c2)[C@H]1C=O. The van der Waals surface area contributed by atoms with Crippen molar-refractivity contribution in [1.29, 1.82) is 0 Å². The number of rotatable bonds is 15. The predicted octanol–water partition coefficient (Wildman–Crippen LogP) is 2.31. The summed E-state index contributed by atoms with van der Waals surface area (Å²) in [6, 6.07) is 5.36. The average molecular weight is 560 g/mol. The number of hydrogen-bond acceptors (Lipinski definition) is 10. The van der Waals surface area contributed by atoms with Crippen LogP contribution in [0.5, 0.6) is 28.7 Å². The van der Waals surface area contributed by atoms with Crippen molar-refractivity contribution in [3.05, 3.63) is 41.0 Å². The molecule has 1 aliphatic rings. The number of hydrogen-bond donors (Lipinski definition) is 6. The van der Waals surface area contributed by atoms with E-state index >= 15 is 0 Å². The normalized spacial score (nSPS) is 20.0. The zero-order chi connectivity index (χ0) is 29.2. The van der Waals surface area contributed by atoms with Crippen LogP contribution in [-0.4, -0.2) is 75.1 Å². The number of ether oxygens (including phenoxy) is 3. The molecule has 1 unspecified atom stereocenters. The van der Waals surface area contributed by atoms with Crippen LogP contribution in [0, 0.1) is 11.8 Å². The molecule has 0 fully saturated rings. The highest BCUT2D eigenvalue weighted by molar-refractivity contribution is 5.77. The summed E-state index contributed by atoms with van der Waals surface area (Å²) >= 11 is 0. The zero-order valence-corrected chi connectivity index (χ0v) is 23.3. The van der Waals surface area contributed by atoms with Crippen LogP contribution in [0.1, 0.15) is 54.3 Å². The Balaban J connectivity index is 1.99. The summed E-state index contributed by atoms with van der Waals surface area (Å²) in [6.45, 7) is 2.07. The van der Waals surface area contributed by atoms with Gasteiger partial charge in [-0.25, -0.2) is 0 Å². The summed E-state index contributed by atoms with van der Waals surface area (Å²) in [5, 5.41) is 37.6. The van der Waals surface area contributed by atoms with Crippen LogP contribution in [0.2, 0.25) is 0 Å². The van der Waals surface area contributed by atoms with Crippen LogP contribution in [0.3, 0.4) is 0 Å². The standard InChI is InChI=1S/C29H41N3O8/c1-38-16-21-20(15-33)27(17-11-24(39-2)29(37)25(12-17)40-3)18-13-22(34)23(35)14-19(18)28(21)32-26(36)7-10-31-9-6-4-5-8-30/h11-15,20-21,27-28,31,34-35,37H,4-10,16,30H2,1-3H3,(H,32,36)/t20-,21-,27?,28+/m0/s1. The molecule has 7 N–H and O–H groups in total. The van der Waals surface area contributed by atoms with Crippen LogP contribution < -0.4 is 25.8 Å². The molecule has 0 aliphatic heterocycles. The van der Waals surface area contributed by atoms with Gasteiger partial charge in [-0.3, -0.25) is 4.79 Å². The predicted molar refractivity (Wildman–Crippen MR) is 149 cm³/mol. The summed E-state index contributed by atoms with van der Waals surface area (Å²) in [7, 11) is 4.33. The van der Waals surface area contributed by atoms with Gasteiger partial charge in [0.2, 0.25) is 11.7 Å². The van der Waals surface area contributed by atoms with Gasteiger partial charge in [0, 0.05) is 37.8 Å². The summed E-state index contributed by atoms with van der Waals surface area (Å²) in [4.78, 5) is 25.7. The van der Waals surface area contributed by atoms with Gasteiger partial charge < -0.3 is 50.7 Å². The summed E-state index contributed by atoms with van der Waals surface area (Å²) in [6.07, 6.45) is 4.00. The maximum atomic E-state index is 13.0. The molecule has 11 nitrogen and oxygen atoms in total. The number of aromatic hydroxyl groups is 3. The molecule has 0 bridgehead atoms. The molecule has 11 heteroatoms. The largest absolute Gasteiger partial charge is 0.504 e. The number of aldehydes is 1. The third-order valence-electron chi connectivity index (χ3n) is 7.44. The molecular weight excluding hydrogens is 518 g/mol. The Hall–Kier alpha value is -3.54. The number of phenolic OH excluding ortho intramolecular Hbond substituents is 3. The summed E-state index contributed by atoms with van der Waals surface area (Å²) < 4.78 is 16.2. The lowest BCUT2D eigenvalue weighted by molar-refractivity contribution is -0.124. The molecule has 3 rings (SSSR count). The van der Waals surface area contributed by atoms with E-state index in [-0.39, 0.29) is 47.7 Å². The number of methoxy groups -OCH3 is 3. The fourth-order valence-electron chi connectivity index (χ4n) is 5.46. The van der Waals surface area contributed by atoms with Crippen LogP contribution >= 0.6 is 0 Å². The van der Waals surface area contributed by atoms with E-state index in [9.17, 15) is 24.9 Å². The van der Waals surface area contributed by atoms with Gasteiger partial charge in [-0.1, -0.05) is 6.42 Å². The van der Waals surface area contributed by atoms with Crippen molar-refractivity contribution in [1.82, 2.24) is 10.6 Å². The van der Waals surface area contributed by atoms with Crippen molar-refractivity contribution in [3.63, 3.8) is 0 Å². The van der Waals surface area contributed by atoms with Crippen molar-refractivity contribution in [2.24, 2.45) is 17.6 Å². The molecule has 0 saturated carbocycles. The monoisotopic (exact) mass is 559 g/mol. The molecule has 4 atom stereocenters. The molecule has 0 saturated heterocycles. The number of benzene rings is 2. The van der Waals surface area contributed by atoms with E-state index in [0.717, 1.165) is 32.1 Å². The van der Waals surface area contributed by atoms with E-state index in [1.54, 1.807) is 12.1 Å². The minimum absolute atomic E-state index is 0.137. The first kappa shape index (κ1) is 31.0. The van der Waals surface area contributed by atoms with E-state index in [1.807, 2.05) is 0 Å². The van der Waals surface area contributed by atoms with Crippen molar-refractivity contribution >= 4 is 12.2 Å². The highest BCUT2D eigenvalue weighted by atomic mass is 16.5. The van der Waals surface area contributed by atoms with Crippen molar-refractivity contribution in [3.8, 4) is 28.7 Å². The number of phenols is 3. The minimum atomic E-state index is -0.707. The van der Waals surface area contributed by atoms with Gasteiger partial charge in [0.1, 0.15) is 6.29 Å². The smallest absolute Gasteiger partial charge is 0.221 e. The van der Waals surface area contributed by atoms with Gasteiger partial charge >= 0.3 is 0 Å². The molecule has 1 amide bonds. The lowest BCUT2D eigenvalue weighted by atomic mass is 9.64. The average Bonchev–Trinajstić information content (AvgIpc) is 2.94. The van der Waals surface area contributed by atoms with E-state index in [0.29, 0.717) is 29.8 Å². The second-order valence-corrected chi connectivity index (χ2v) is 9.95. The molecule has 2 aromatic rings. The highest BCUT2D eigenvalue weighted by Crippen LogP contribution is 2.52. The molecule has 0 spiro atoms. The van der Waals surface area contributed by atoms with Crippen LogP contribution in [0.4, 0.5) is 0 Å². The first-order valence-corrected chi connectivity index (χ1v) is 13.5. The molecule has 0 aromatic heterocycles.